The van der Waals surface area contributed by atoms with E-state index in [1.807, 2.05) is 35.2 Å². The number of carbonyl (C=O) groups is 2. The molecule has 0 aliphatic carbocycles. The summed E-state index contributed by atoms with van der Waals surface area (Å²) in [7, 11) is 0. The molecule has 1 aliphatic heterocycles. The molecule has 114 valence electrons. The molecule has 6 nitrogen and oxygen atoms in total. The molecule has 1 aromatic carbocycles. The first kappa shape index (κ1) is 15.5. The number of carbonyl (C=O) groups excluding carboxylic acids is 1. The number of rotatable bonds is 6. The van der Waals surface area contributed by atoms with Gasteiger partial charge in [0.05, 0.1) is 12.8 Å². The average molecular weight is 293 g/mol. The van der Waals surface area contributed by atoms with E-state index < -0.39 is 24.1 Å². The van der Waals surface area contributed by atoms with Gasteiger partial charge in [0.25, 0.3) is 0 Å². The lowest BCUT2D eigenvalue weighted by Gasteiger charge is -2.16. The van der Waals surface area contributed by atoms with Gasteiger partial charge in [0.15, 0.2) is 0 Å². The normalized spacial score (nSPS) is 22.1. The van der Waals surface area contributed by atoms with Crippen molar-refractivity contribution < 1.29 is 24.5 Å². The second-order valence-corrected chi connectivity index (χ2v) is 5.17. The molecular formula is C15H19NO5. The van der Waals surface area contributed by atoms with Crippen LogP contribution >= 0.6 is 0 Å². The summed E-state index contributed by atoms with van der Waals surface area (Å²) in [4.78, 5) is 23.9. The Morgan fingerprint density at radius 1 is 1.19 bits per heavy atom. The third-order valence-electron chi connectivity index (χ3n) is 3.39. The van der Waals surface area contributed by atoms with E-state index in [1.165, 1.54) is 0 Å². The summed E-state index contributed by atoms with van der Waals surface area (Å²) >= 11 is 0. The monoisotopic (exact) mass is 293 g/mol. The summed E-state index contributed by atoms with van der Waals surface area (Å²) in [6, 6.07) is 9.84. The summed E-state index contributed by atoms with van der Waals surface area (Å²) < 4.78 is 5.15. The quantitative estimate of drug-likeness (QED) is 0.749. The van der Waals surface area contributed by atoms with Gasteiger partial charge in [0.2, 0.25) is 0 Å². The predicted octanol–water partition coefficient (Wildman–Crippen LogP) is 0.640. The van der Waals surface area contributed by atoms with Crippen LogP contribution in [0.4, 0.5) is 0 Å². The number of aliphatic hydroxyl groups excluding tert-OH is 1. The molecule has 1 aliphatic rings. The predicted molar refractivity (Wildman–Crippen MR) is 74.5 cm³/mol. The number of aliphatic carboxylic acids is 1. The number of hydrogen-bond acceptors (Lipinski definition) is 5. The molecule has 2 N–H and O–H groups in total. The third-order valence-corrected chi connectivity index (χ3v) is 3.39. The molecule has 0 amide bonds. The fourth-order valence-corrected chi connectivity index (χ4v) is 2.36. The van der Waals surface area contributed by atoms with Gasteiger partial charge in [-0.1, -0.05) is 30.3 Å². The third kappa shape index (κ3) is 4.84. The molecular weight excluding hydrogens is 274 g/mol. The zero-order valence-electron chi connectivity index (χ0n) is 11.6. The Morgan fingerprint density at radius 2 is 1.90 bits per heavy atom. The summed E-state index contributed by atoms with van der Waals surface area (Å²) in [6.07, 6.45) is -1.75. The summed E-state index contributed by atoms with van der Waals surface area (Å²) in [5, 5.41) is 18.4. The molecule has 1 saturated heterocycles. The van der Waals surface area contributed by atoms with Gasteiger partial charge in [-0.2, -0.15) is 0 Å². The van der Waals surface area contributed by atoms with E-state index >= 15 is 0 Å². The minimum absolute atomic E-state index is 0.169. The zero-order valence-corrected chi connectivity index (χ0v) is 11.6. The molecule has 6 heteroatoms. The number of ether oxygens (including phenoxy) is 1. The first-order valence-electron chi connectivity index (χ1n) is 6.90. The van der Waals surface area contributed by atoms with Gasteiger partial charge in [0, 0.05) is 19.6 Å². The van der Waals surface area contributed by atoms with E-state index in [0.717, 1.165) is 5.56 Å². The van der Waals surface area contributed by atoms with Gasteiger partial charge >= 0.3 is 11.9 Å². The van der Waals surface area contributed by atoms with Crippen molar-refractivity contribution in [1.29, 1.82) is 0 Å². The van der Waals surface area contributed by atoms with Crippen LogP contribution in [0.5, 0.6) is 0 Å². The first-order chi connectivity index (χ1) is 10.0. The Morgan fingerprint density at radius 3 is 2.57 bits per heavy atom. The van der Waals surface area contributed by atoms with Crippen LogP contribution in [-0.2, 0) is 20.9 Å². The highest BCUT2D eigenvalue weighted by atomic mass is 16.6. The van der Waals surface area contributed by atoms with Gasteiger partial charge in [-0.05, 0) is 5.56 Å². The minimum Gasteiger partial charge on any atom is -0.481 e. The van der Waals surface area contributed by atoms with Crippen molar-refractivity contribution in [3.05, 3.63) is 35.9 Å². The second kappa shape index (κ2) is 7.19. The van der Waals surface area contributed by atoms with E-state index in [-0.39, 0.29) is 12.8 Å². The smallest absolute Gasteiger partial charge is 0.306 e. The van der Waals surface area contributed by atoms with E-state index in [1.54, 1.807) is 0 Å². The van der Waals surface area contributed by atoms with Gasteiger partial charge in [0.1, 0.15) is 12.2 Å². The molecule has 1 aromatic rings. The van der Waals surface area contributed by atoms with Crippen LogP contribution in [0.3, 0.4) is 0 Å². The molecule has 1 heterocycles. The summed E-state index contributed by atoms with van der Waals surface area (Å²) in [5.41, 5.74) is 1.13. The molecule has 0 aromatic heterocycles. The highest BCUT2D eigenvalue weighted by Crippen LogP contribution is 2.17. The Labute approximate surface area is 122 Å². The Bertz CT molecular complexity index is 490. The minimum atomic E-state index is -1.04. The number of likely N-dealkylation sites (tertiary alicyclic amines) is 1. The molecule has 0 bridgehead atoms. The van der Waals surface area contributed by atoms with Crippen molar-refractivity contribution in [3.8, 4) is 0 Å². The molecule has 0 saturated carbocycles. The molecule has 2 atom stereocenters. The lowest BCUT2D eigenvalue weighted by molar-refractivity contribution is -0.154. The van der Waals surface area contributed by atoms with E-state index in [0.29, 0.717) is 19.6 Å². The van der Waals surface area contributed by atoms with Gasteiger partial charge in [-0.3, -0.25) is 14.5 Å². The second-order valence-electron chi connectivity index (χ2n) is 5.17. The van der Waals surface area contributed by atoms with Crippen molar-refractivity contribution >= 4 is 11.9 Å². The number of aliphatic hydroxyl groups is 1. The van der Waals surface area contributed by atoms with Gasteiger partial charge in [-0.25, -0.2) is 0 Å². The van der Waals surface area contributed by atoms with E-state index in [9.17, 15) is 14.7 Å². The zero-order chi connectivity index (χ0) is 15.2. The van der Waals surface area contributed by atoms with Crippen molar-refractivity contribution in [3.63, 3.8) is 0 Å². The van der Waals surface area contributed by atoms with Crippen LogP contribution < -0.4 is 0 Å². The van der Waals surface area contributed by atoms with Gasteiger partial charge < -0.3 is 14.9 Å². The lowest BCUT2D eigenvalue weighted by Crippen LogP contribution is -2.29. The molecule has 0 radical (unpaired) electrons. The largest absolute Gasteiger partial charge is 0.481 e. The molecule has 21 heavy (non-hydrogen) atoms. The van der Waals surface area contributed by atoms with Crippen molar-refractivity contribution in [2.24, 2.45) is 0 Å². The van der Waals surface area contributed by atoms with Crippen LogP contribution in [0.1, 0.15) is 18.4 Å². The Balaban J connectivity index is 1.81. The topological polar surface area (TPSA) is 87.1 Å². The van der Waals surface area contributed by atoms with Crippen LogP contribution in [-0.4, -0.2) is 52.3 Å². The lowest BCUT2D eigenvalue weighted by atomic mass is 10.2. The van der Waals surface area contributed by atoms with Crippen molar-refractivity contribution in [2.45, 2.75) is 31.6 Å². The number of nitrogens with zero attached hydrogens (tertiary/aromatic N) is 1. The number of carboxylic acids is 1. The van der Waals surface area contributed by atoms with Gasteiger partial charge in [-0.15, -0.1) is 0 Å². The van der Waals surface area contributed by atoms with Crippen molar-refractivity contribution in [2.75, 3.05) is 13.1 Å². The number of carboxylic acid groups (broad SMARTS) is 1. The summed E-state index contributed by atoms with van der Waals surface area (Å²) in [6.45, 7) is 1.57. The highest BCUT2D eigenvalue weighted by Gasteiger charge is 2.34. The number of β-amino-alcohol motifs (C(OH)–C–C–N with tert-alkyl or cyclic N) is 1. The van der Waals surface area contributed by atoms with Crippen LogP contribution in [0.25, 0.3) is 0 Å². The maximum absolute atomic E-state index is 11.5. The standard InChI is InChI=1S/C15H19NO5/c17-12-9-16(8-11-4-2-1-3-5-11)10-13(12)21-15(20)7-6-14(18)19/h1-5,12-13,17H,6-10H2,(H,18,19)/t12-,13-/m0/s1. The average Bonchev–Trinajstić information content (AvgIpc) is 2.77. The van der Waals surface area contributed by atoms with Crippen LogP contribution in [0.15, 0.2) is 30.3 Å². The fraction of sp³-hybridized carbons (Fsp3) is 0.467. The first-order valence-corrected chi connectivity index (χ1v) is 6.90. The Hall–Kier alpha value is -1.92. The molecule has 2 rings (SSSR count). The highest BCUT2D eigenvalue weighted by molar-refractivity contribution is 5.76. The Kier molecular flexibility index (Phi) is 5.30. The maximum atomic E-state index is 11.5. The van der Waals surface area contributed by atoms with Crippen LogP contribution in [0.2, 0.25) is 0 Å². The van der Waals surface area contributed by atoms with Crippen molar-refractivity contribution in [1.82, 2.24) is 4.90 Å². The fourth-order valence-electron chi connectivity index (χ4n) is 2.36. The SMILES string of the molecule is O=C(O)CCC(=O)O[C@H]1CN(Cc2ccccc2)C[C@@H]1O. The molecule has 0 spiro atoms. The van der Waals surface area contributed by atoms with Crippen LogP contribution in [0, 0.1) is 0 Å². The summed E-state index contributed by atoms with van der Waals surface area (Å²) in [5.74, 6) is -1.62. The number of hydrogen-bond donors (Lipinski definition) is 2. The van der Waals surface area contributed by atoms with E-state index in [4.69, 9.17) is 9.84 Å². The number of esters is 1. The molecule has 0 unspecified atom stereocenters. The number of benzene rings is 1. The maximum Gasteiger partial charge on any atom is 0.306 e. The molecule has 1 fully saturated rings. The van der Waals surface area contributed by atoms with E-state index in [2.05, 4.69) is 0 Å².